The van der Waals surface area contributed by atoms with Crippen molar-refractivity contribution >= 4 is 23.6 Å². The molecule has 0 unspecified atom stereocenters. The van der Waals surface area contributed by atoms with E-state index in [-0.39, 0.29) is 18.4 Å². The fourth-order valence-electron chi connectivity index (χ4n) is 1.09. The van der Waals surface area contributed by atoms with Crippen molar-refractivity contribution < 1.29 is 14.7 Å². The van der Waals surface area contributed by atoms with Gasteiger partial charge in [-0.3, -0.25) is 9.59 Å². The van der Waals surface area contributed by atoms with E-state index in [9.17, 15) is 9.59 Å². The zero-order valence-corrected chi connectivity index (χ0v) is 10.1. The number of aliphatic carboxylic acids is 1. The predicted octanol–water partition coefficient (Wildman–Crippen LogP) is 1.50. The fourth-order valence-corrected chi connectivity index (χ4v) is 1.82. The van der Waals surface area contributed by atoms with Crippen molar-refractivity contribution in [3.63, 3.8) is 0 Å². The van der Waals surface area contributed by atoms with E-state index in [2.05, 4.69) is 5.32 Å². The van der Waals surface area contributed by atoms with E-state index >= 15 is 0 Å². The molecule has 0 spiro atoms. The Morgan fingerprint density at radius 1 is 1.33 bits per heavy atom. The van der Waals surface area contributed by atoms with Gasteiger partial charge < -0.3 is 10.4 Å². The number of hydrogen-bond donors (Lipinski definition) is 2. The van der Waals surface area contributed by atoms with Crippen LogP contribution in [0.2, 0.25) is 0 Å². The summed E-state index contributed by atoms with van der Waals surface area (Å²) < 4.78 is 0. The van der Waals surface area contributed by atoms with E-state index in [1.54, 1.807) is 0 Å². The topological polar surface area (TPSA) is 66.4 Å². The van der Waals surface area contributed by atoms with Crippen LogP contribution in [0.3, 0.4) is 0 Å². The maximum Gasteiger partial charge on any atom is 0.304 e. The second-order valence-electron chi connectivity index (χ2n) is 3.28. The Balaban J connectivity index is 3.52. The minimum Gasteiger partial charge on any atom is -0.481 e. The smallest absolute Gasteiger partial charge is 0.304 e. The normalized spacial score (nSPS) is 10.3. The summed E-state index contributed by atoms with van der Waals surface area (Å²) >= 11 is 1.36. The lowest BCUT2D eigenvalue weighted by molar-refractivity contribution is -0.136. The van der Waals surface area contributed by atoms with Crippen LogP contribution < -0.4 is 5.32 Å². The number of carboxylic acids is 1. The maximum atomic E-state index is 11.3. The van der Waals surface area contributed by atoms with Gasteiger partial charge in [0.1, 0.15) is 0 Å². The van der Waals surface area contributed by atoms with Gasteiger partial charge >= 0.3 is 5.97 Å². The molecule has 0 aromatic carbocycles. The number of carboxylic acid groups (broad SMARTS) is 1. The molecule has 0 heterocycles. The largest absolute Gasteiger partial charge is 0.481 e. The van der Waals surface area contributed by atoms with Crippen LogP contribution in [0, 0.1) is 0 Å². The standard InChI is InChI=1S/C10H19NO3S/c1-3-8(4-2)11-9(12)7-15-6-5-10(13)14/h8H,3-7H2,1-2H3,(H,11,12)(H,13,14). The summed E-state index contributed by atoms with van der Waals surface area (Å²) in [6.45, 7) is 4.07. The molecule has 0 saturated heterocycles. The summed E-state index contributed by atoms with van der Waals surface area (Å²) in [4.78, 5) is 21.5. The third-order valence-corrected chi connectivity index (χ3v) is 3.00. The molecule has 88 valence electrons. The van der Waals surface area contributed by atoms with E-state index < -0.39 is 5.97 Å². The lowest BCUT2D eigenvalue weighted by atomic mass is 10.2. The SMILES string of the molecule is CCC(CC)NC(=O)CSCCC(=O)O. The second kappa shape index (κ2) is 8.59. The highest BCUT2D eigenvalue weighted by atomic mass is 32.2. The van der Waals surface area contributed by atoms with Crippen molar-refractivity contribution in [3.05, 3.63) is 0 Å². The molecule has 0 bridgehead atoms. The number of rotatable bonds is 8. The Bertz CT molecular complexity index is 205. The van der Waals surface area contributed by atoms with Crippen LogP contribution in [0.4, 0.5) is 0 Å². The molecule has 0 fully saturated rings. The minimum atomic E-state index is -0.817. The van der Waals surface area contributed by atoms with E-state index in [4.69, 9.17) is 5.11 Å². The Morgan fingerprint density at radius 2 is 1.93 bits per heavy atom. The van der Waals surface area contributed by atoms with Crippen LogP contribution in [0.1, 0.15) is 33.1 Å². The fraction of sp³-hybridized carbons (Fsp3) is 0.800. The first-order valence-corrected chi connectivity index (χ1v) is 6.34. The summed E-state index contributed by atoms with van der Waals surface area (Å²) in [5.74, 6) is 0.0251. The number of carbonyl (C=O) groups is 2. The lowest BCUT2D eigenvalue weighted by Gasteiger charge is -2.14. The third kappa shape index (κ3) is 8.30. The van der Waals surface area contributed by atoms with Crippen LogP contribution in [0.5, 0.6) is 0 Å². The van der Waals surface area contributed by atoms with Gasteiger partial charge in [-0.15, -0.1) is 0 Å². The molecule has 0 aromatic heterocycles. The molecule has 5 heteroatoms. The van der Waals surface area contributed by atoms with Gasteiger partial charge in [0, 0.05) is 11.8 Å². The van der Waals surface area contributed by atoms with Crippen LogP contribution >= 0.6 is 11.8 Å². The first kappa shape index (κ1) is 14.3. The first-order valence-electron chi connectivity index (χ1n) is 5.19. The van der Waals surface area contributed by atoms with Crippen molar-refractivity contribution in [1.29, 1.82) is 0 Å². The van der Waals surface area contributed by atoms with Crippen LogP contribution in [0.25, 0.3) is 0 Å². The molecule has 0 aliphatic heterocycles. The highest BCUT2D eigenvalue weighted by Crippen LogP contribution is 2.03. The molecule has 0 aliphatic carbocycles. The van der Waals surface area contributed by atoms with Gasteiger partial charge in [0.2, 0.25) is 5.91 Å². The van der Waals surface area contributed by atoms with Crippen molar-refractivity contribution in [2.24, 2.45) is 0 Å². The van der Waals surface area contributed by atoms with Crippen LogP contribution in [-0.2, 0) is 9.59 Å². The van der Waals surface area contributed by atoms with E-state index in [0.29, 0.717) is 11.5 Å². The quantitative estimate of drug-likeness (QED) is 0.623. The Labute approximate surface area is 94.8 Å². The number of amides is 1. The average Bonchev–Trinajstić information content (AvgIpc) is 2.20. The number of thioether (sulfide) groups is 1. The van der Waals surface area contributed by atoms with Crippen molar-refractivity contribution in [2.45, 2.75) is 39.2 Å². The number of hydrogen-bond acceptors (Lipinski definition) is 3. The monoisotopic (exact) mass is 233 g/mol. The third-order valence-electron chi connectivity index (χ3n) is 2.04. The van der Waals surface area contributed by atoms with E-state index in [1.165, 1.54) is 11.8 Å². The summed E-state index contributed by atoms with van der Waals surface area (Å²) in [6, 6.07) is 0.248. The molecule has 0 saturated carbocycles. The maximum absolute atomic E-state index is 11.3. The number of carbonyl (C=O) groups excluding carboxylic acids is 1. The molecular weight excluding hydrogens is 214 g/mol. The van der Waals surface area contributed by atoms with Crippen molar-refractivity contribution in [3.8, 4) is 0 Å². The molecule has 1 amide bonds. The first-order chi connectivity index (χ1) is 7.10. The van der Waals surface area contributed by atoms with Crippen molar-refractivity contribution in [2.75, 3.05) is 11.5 Å². The molecule has 2 N–H and O–H groups in total. The zero-order chi connectivity index (χ0) is 11.7. The van der Waals surface area contributed by atoms with Gasteiger partial charge in [-0.1, -0.05) is 13.8 Å². The summed E-state index contributed by atoms with van der Waals surface area (Å²) in [6.07, 6.45) is 1.98. The summed E-state index contributed by atoms with van der Waals surface area (Å²) in [5, 5.41) is 11.3. The molecular formula is C10H19NO3S. The van der Waals surface area contributed by atoms with Gasteiger partial charge in [-0.25, -0.2) is 0 Å². The summed E-state index contributed by atoms with van der Waals surface area (Å²) in [7, 11) is 0. The molecule has 0 atom stereocenters. The molecule has 0 aromatic rings. The second-order valence-corrected chi connectivity index (χ2v) is 4.38. The van der Waals surface area contributed by atoms with Crippen LogP contribution in [0.15, 0.2) is 0 Å². The molecule has 0 radical (unpaired) electrons. The molecule has 15 heavy (non-hydrogen) atoms. The Hall–Kier alpha value is -0.710. The van der Waals surface area contributed by atoms with Gasteiger partial charge in [0.15, 0.2) is 0 Å². The van der Waals surface area contributed by atoms with E-state index in [0.717, 1.165) is 12.8 Å². The van der Waals surface area contributed by atoms with E-state index in [1.807, 2.05) is 13.8 Å². The average molecular weight is 233 g/mol. The highest BCUT2D eigenvalue weighted by molar-refractivity contribution is 7.99. The zero-order valence-electron chi connectivity index (χ0n) is 9.28. The van der Waals surface area contributed by atoms with Gasteiger partial charge in [-0.05, 0) is 12.8 Å². The lowest BCUT2D eigenvalue weighted by Crippen LogP contribution is -2.35. The molecule has 0 rings (SSSR count). The Kier molecular flexibility index (Phi) is 8.18. The Morgan fingerprint density at radius 3 is 2.40 bits per heavy atom. The van der Waals surface area contributed by atoms with Gasteiger partial charge in [-0.2, -0.15) is 11.8 Å². The minimum absolute atomic E-state index is 0.000844. The molecule has 0 aliphatic rings. The van der Waals surface area contributed by atoms with Crippen LogP contribution in [-0.4, -0.2) is 34.5 Å². The highest BCUT2D eigenvalue weighted by Gasteiger charge is 2.08. The van der Waals surface area contributed by atoms with Crippen molar-refractivity contribution in [1.82, 2.24) is 5.32 Å². The van der Waals surface area contributed by atoms with Gasteiger partial charge in [0.25, 0.3) is 0 Å². The summed E-state index contributed by atoms with van der Waals surface area (Å²) in [5.41, 5.74) is 0. The predicted molar refractivity (Wildman–Crippen MR) is 62.1 cm³/mol. The molecule has 4 nitrogen and oxygen atoms in total. The van der Waals surface area contributed by atoms with Gasteiger partial charge in [0.05, 0.1) is 12.2 Å². The number of nitrogens with one attached hydrogen (secondary N) is 1.